The van der Waals surface area contributed by atoms with Crippen LogP contribution in [0.25, 0.3) is 0 Å². The molecule has 1 saturated heterocycles. The molecule has 1 N–H and O–H groups in total. The van der Waals surface area contributed by atoms with Crippen LogP contribution in [0.15, 0.2) is 5.10 Å². The third kappa shape index (κ3) is 3.11. The lowest BCUT2D eigenvalue weighted by Crippen LogP contribution is -2.60. The van der Waals surface area contributed by atoms with Crippen molar-refractivity contribution in [2.24, 2.45) is 16.9 Å². The molecule has 0 spiro atoms. The van der Waals surface area contributed by atoms with E-state index in [-0.39, 0.29) is 18.3 Å². The Morgan fingerprint density at radius 1 is 1.26 bits per heavy atom. The normalized spacial score (nSPS) is 38.1. The third-order valence-electron chi connectivity index (χ3n) is 5.66. The van der Waals surface area contributed by atoms with Crippen LogP contribution in [0.2, 0.25) is 0 Å². The molecule has 2 saturated carbocycles. The van der Waals surface area contributed by atoms with E-state index >= 15 is 0 Å². The fourth-order valence-electron chi connectivity index (χ4n) is 4.22. The van der Waals surface area contributed by atoms with Gasteiger partial charge in [-0.1, -0.05) is 19.3 Å². The number of ether oxygens (including phenoxy) is 1. The molecule has 4 aliphatic rings. The van der Waals surface area contributed by atoms with Gasteiger partial charge in [0.15, 0.2) is 0 Å². The average molecular weight is 334 g/mol. The summed E-state index contributed by atoms with van der Waals surface area (Å²) in [5.41, 5.74) is 0. The molecule has 23 heavy (non-hydrogen) atoms. The zero-order valence-corrected chi connectivity index (χ0v) is 14.6. The molecule has 4 unspecified atom stereocenters. The Balaban J connectivity index is 1.52. The smallest absolute Gasteiger partial charge is 0.149 e. The Bertz CT molecular complexity index is 509. The Labute approximate surface area is 142 Å². The maximum absolute atomic E-state index is 9.60. The van der Waals surface area contributed by atoms with Crippen molar-refractivity contribution in [1.82, 2.24) is 10.3 Å². The second-order valence-electron chi connectivity index (χ2n) is 7.27. The monoisotopic (exact) mass is 334 g/mol. The number of rotatable bonds is 3. The van der Waals surface area contributed by atoms with Gasteiger partial charge < -0.3 is 4.74 Å². The van der Waals surface area contributed by atoms with Gasteiger partial charge >= 0.3 is 0 Å². The lowest BCUT2D eigenvalue weighted by atomic mass is 9.96. The van der Waals surface area contributed by atoms with Gasteiger partial charge in [0.25, 0.3) is 0 Å². The Kier molecular flexibility index (Phi) is 4.53. The van der Waals surface area contributed by atoms with Crippen molar-refractivity contribution < 1.29 is 4.74 Å². The molecular formula is C17H26N4OS. The molecule has 0 aromatic heterocycles. The van der Waals surface area contributed by atoms with E-state index in [0.717, 1.165) is 17.4 Å². The largest absolute Gasteiger partial charge is 0.354 e. The van der Waals surface area contributed by atoms with E-state index < -0.39 is 0 Å². The van der Waals surface area contributed by atoms with Gasteiger partial charge in [0.05, 0.1) is 12.2 Å². The summed E-state index contributed by atoms with van der Waals surface area (Å²) in [6, 6.07) is 2.94. The Hall–Kier alpha value is -0.770. The van der Waals surface area contributed by atoms with E-state index in [1.807, 2.05) is 6.26 Å². The van der Waals surface area contributed by atoms with E-state index in [1.54, 1.807) is 11.8 Å². The van der Waals surface area contributed by atoms with Crippen LogP contribution in [0.1, 0.15) is 51.4 Å². The predicted octanol–water partition coefficient (Wildman–Crippen LogP) is 2.89. The van der Waals surface area contributed by atoms with E-state index in [9.17, 15) is 5.26 Å². The zero-order valence-electron chi connectivity index (χ0n) is 13.8. The maximum Gasteiger partial charge on any atom is 0.149 e. The van der Waals surface area contributed by atoms with Crippen LogP contribution in [0, 0.1) is 23.2 Å². The molecule has 0 bridgehead atoms. The number of nitriles is 1. The van der Waals surface area contributed by atoms with Crippen molar-refractivity contribution in [3.8, 4) is 6.07 Å². The van der Waals surface area contributed by atoms with Gasteiger partial charge in [0.2, 0.25) is 0 Å². The van der Waals surface area contributed by atoms with Crippen molar-refractivity contribution in [2.75, 3.05) is 6.26 Å². The van der Waals surface area contributed by atoms with E-state index in [1.165, 1.54) is 44.9 Å². The summed E-state index contributed by atoms with van der Waals surface area (Å²) in [7, 11) is 0. The standard InChI is InChI=1S/C17H26N4OS/c1-23-17-13(10-18)16-19-14(11-7-8-11)9-15(21(16)20-17)22-12-5-3-2-4-6-12/h11-16,19H,2-9H2,1H3. The van der Waals surface area contributed by atoms with Crippen LogP contribution in [-0.2, 0) is 4.74 Å². The van der Waals surface area contributed by atoms with Gasteiger partial charge in [-0.05, 0) is 37.9 Å². The van der Waals surface area contributed by atoms with Crippen LogP contribution in [0.3, 0.4) is 0 Å². The fraction of sp³-hybridized carbons (Fsp3) is 0.882. The highest BCUT2D eigenvalue weighted by molar-refractivity contribution is 8.13. The molecular weight excluding hydrogens is 308 g/mol. The minimum absolute atomic E-state index is 0.00427. The van der Waals surface area contributed by atoms with Crippen molar-refractivity contribution in [1.29, 1.82) is 5.26 Å². The minimum atomic E-state index is -0.163. The van der Waals surface area contributed by atoms with Crippen LogP contribution < -0.4 is 5.32 Å². The fourth-order valence-corrected chi connectivity index (χ4v) is 4.83. The van der Waals surface area contributed by atoms with Gasteiger partial charge in [0, 0.05) is 12.5 Å². The molecule has 4 rings (SSSR count). The van der Waals surface area contributed by atoms with Gasteiger partial charge in [-0.15, -0.1) is 11.8 Å². The highest BCUT2D eigenvalue weighted by Gasteiger charge is 2.49. The average Bonchev–Trinajstić information content (AvgIpc) is 3.36. The van der Waals surface area contributed by atoms with Crippen LogP contribution in [0.5, 0.6) is 0 Å². The zero-order chi connectivity index (χ0) is 15.8. The van der Waals surface area contributed by atoms with E-state index in [4.69, 9.17) is 9.84 Å². The Morgan fingerprint density at radius 3 is 2.70 bits per heavy atom. The lowest BCUT2D eigenvalue weighted by molar-refractivity contribution is -0.151. The van der Waals surface area contributed by atoms with Gasteiger partial charge in [0.1, 0.15) is 23.4 Å². The number of nitrogens with zero attached hydrogens (tertiary/aromatic N) is 3. The van der Waals surface area contributed by atoms with Crippen LogP contribution in [-0.4, -0.2) is 40.8 Å². The molecule has 6 heteroatoms. The molecule has 4 atom stereocenters. The highest BCUT2D eigenvalue weighted by Crippen LogP contribution is 2.41. The predicted molar refractivity (Wildman–Crippen MR) is 91.7 cm³/mol. The molecule has 2 aliphatic heterocycles. The summed E-state index contributed by atoms with van der Waals surface area (Å²) >= 11 is 1.59. The van der Waals surface area contributed by atoms with Crippen molar-refractivity contribution in [3.63, 3.8) is 0 Å². The van der Waals surface area contributed by atoms with Gasteiger partial charge in [-0.25, -0.2) is 5.01 Å². The number of thioether (sulfide) groups is 1. The molecule has 0 aromatic rings. The quantitative estimate of drug-likeness (QED) is 0.860. The molecule has 0 amide bonds. The maximum atomic E-state index is 9.60. The molecule has 0 aromatic carbocycles. The van der Waals surface area contributed by atoms with Gasteiger partial charge in [-0.2, -0.15) is 10.4 Å². The topological polar surface area (TPSA) is 60.6 Å². The molecule has 5 nitrogen and oxygen atoms in total. The van der Waals surface area contributed by atoms with Crippen molar-refractivity contribution in [3.05, 3.63) is 0 Å². The second-order valence-corrected chi connectivity index (χ2v) is 8.10. The first-order chi connectivity index (χ1) is 11.3. The molecule has 3 fully saturated rings. The second kappa shape index (κ2) is 6.62. The lowest BCUT2D eigenvalue weighted by Gasteiger charge is -2.43. The van der Waals surface area contributed by atoms with E-state index in [0.29, 0.717) is 12.1 Å². The van der Waals surface area contributed by atoms with Crippen molar-refractivity contribution >= 4 is 16.8 Å². The molecule has 2 heterocycles. The number of hydrazone groups is 1. The first-order valence-corrected chi connectivity index (χ1v) is 10.2. The molecule has 0 radical (unpaired) electrons. The summed E-state index contributed by atoms with van der Waals surface area (Å²) in [5.74, 6) is 0.608. The Morgan fingerprint density at radius 2 is 2.04 bits per heavy atom. The first-order valence-electron chi connectivity index (χ1n) is 9.02. The summed E-state index contributed by atoms with van der Waals surface area (Å²) < 4.78 is 6.50. The summed E-state index contributed by atoms with van der Waals surface area (Å²) in [5, 5.41) is 21.0. The van der Waals surface area contributed by atoms with Crippen LogP contribution in [0.4, 0.5) is 0 Å². The molecule has 2 aliphatic carbocycles. The summed E-state index contributed by atoms with van der Waals surface area (Å²) in [6.07, 6.45) is 12.3. The van der Waals surface area contributed by atoms with Crippen molar-refractivity contribution in [2.45, 2.75) is 75.9 Å². The van der Waals surface area contributed by atoms with Gasteiger partial charge in [-0.3, -0.25) is 5.32 Å². The van der Waals surface area contributed by atoms with Crippen LogP contribution >= 0.6 is 11.8 Å². The third-order valence-corrected chi connectivity index (χ3v) is 6.41. The summed E-state index contributed by atoms with van der Waals surface area (Å²) in [4.78, 5) is 0. The number of fused-ring (bicyclic) bond motifs is 1. The first kappa shape index (κ1) is 15.7. The SMILES string of the molecule is CSC1=NN2C(OC3CCCCC3)CC(C3CC3)NC2C1C#N. The number of hydrogen-bond donors (Lipinski definition) is 1. The summed E-state index contributed by atoms with van der Waals surface area (Å²) in [6.45, 7) is 0. The minimum Gasteiger partial charge on any atom is -0.354 e. The number of nitrogens with one attached hydrogen (secondary N) is 1. The highest BCUT2D eigenvalue weighted by atomic mass is 32.2. The number of hydrogen-bond acceptors (Lipinski definition) is 6. The van der Waals surface area contributed by atoms with E-state index in [2.05, 4.69) is 16.4 Å². The molecule has 126 valence electrons.